The second-order valence-electron chi connectivity index (χ2n) is 5.44. The van der Waals surface area contributed by atoms with Gasteiger partial charge in [0.25, 0.3) is 0 Å². The minimum absolute atomic E-state index is 0.101. The van der Waals surface area contributed by atoms with Crippen molar-refractivity contribution in [1.29, 1.82) is 0 Å². The molecule has 2 rings (SSSR count). The Kier molecular flexibility index (Phi) is 6.46. The monoisotopic (exact) mass is 335 g/mol. The van der Waals surface area contributed by atoms with Gasteiger partial charge in [-0.1, -0.05) is 12.1 Å². The van der Waals surface area contributed by atoms with Crippen LogP contribution in [0.25, 0.3) is 0 Å². The SMILES string of the molecule is NC(=O)CSCCC(=O)Nc1cccc(CN2CCCC2=O)c1. The van der Waals surface area contributed by atoms with Crippen LogP contribution in [-0.4, -0.2) is 40.7 Å². The van der Waals surface area contributed by atoms with Gasteiger partial charge in [0.15, 0.2) is 0 Å². The first kappa shape index (κ1) is 17.3. The van der Waals surface area contributed by atoms with Crippen LogP contribution in [0.2, 0.25) is 0 Å². The van der Waals surface area contributed by atoms with Crippen molar-refractivity contribution in [2.45, 2.75) is 25.8 Å². The lowest BCUT2D eigenvalue weighted by Gasteiger charge is -2.16. The standard InChI is InChI=1S/C16H21N3O3S/c17-14(20)11-23-8-6-15(21)18-13-4-1-3-12(9-13)10-19-7-2-5-16(19)22/h1,3-4,9H,2,5-8,10-11H2,(H2,17,20)(H,18,21). The van der Waals surface area contributed by atoms with E-state index in [2.05, 4.69) is 5.32 Å². The minimum atomic E-state index is -0.375. The Balaban J connectivity index is 1.81. The van der Waals surface area contributed by atoms with E-state index >= 15 is 0 Å². The van der Waals surface area contributed by atoms with Crippen LogP contribution in [0.4, 0.5) is 5.69 Å². The van der Waals surface area contributed by atoms with Crippen molar-refractivity contribution in [3.8, 4) is 0 Å². The van der Waals surface area contributed by atoms with Crippen LogP contribution in [0.15, 0.2) is 24.3 Å². The smallest absolute Gasteiger partial charge is 0.227 e. The molecule has 0 atom stereocenters. The molecule has 3 amide bonds. The summed E-state index contributed by atoms with van der Waals surface area (Å²) in [4.78, 5) is 36.0. The molecule has 0 aromatic heterocycles. The fourth-order valence-electron chi connectivity index (χ4n) is 2.40. The number of amides is 3. The first-order valence-electron chi connectivity index (χ1n) is 7.57. The van der Waals surface area contributed by atoms with Crippen molar-refractivity contribution in [2.24, 2.45) is 5.73 Å². The zero-order chi connectivity index (χ0) is 16.7. The number of carbonyl (C=O) groups is 3. The van der Waals surface area contributed by atoms with Gasteiger partial charge in [0.2, 0.25) is 17.7 Å². The number of thioether (sulfide) groups is 1. The van der Waals surface area contributed by atoms with E-state index < -0.39 is 0 Å². The van der Waals surface area contributed by atoms with E-state index in [1.807, 2.05) is 29.2 Å². The molecule has 1 fully saturated rings. The Morgan fingerprint density at radius 1 is 1.35 bits per heavy atom. The van der Waals surface area contributed by atoms with Crippen molar-refractivity contribution in [2.75, 3.05) is 23.4 Å². The van der Waals surface area contributed by atoms with E-state index in [0.29, 0.717) is 25.1 Å². The number of primary amides is 1. The summed E-state index contributed by atoms with van der Waals surface area (Å²) in [6.45, 7) is 1.38. The third-order valence-electron chi connectivity index (χ3n) is 3.47. The predicted octanol–water partition coefficient (Wildman–Crippen LogP) is 1.36. The number of anilines is 1. The van der Waals surface area contributed by atoms with Gasteiger partial charge >= 0.3 is 0 Å². The van der Waals surface area contributed by atoms with Gasteiger partial charge in [0, 0.05) is 37.4 Å². The molecule has 0 aliphatic carbocycles. The highest BCUT2D eigenvalue weighted by Gasteiger charge is 2.19. The zero-order valence-electron chi connectivity index (χ0n) is 12.9. The summed E-state index contributed by atoms with van der Waals surface area (Å²) in [6.07, 6.45) is 1.87. The van der Waals surface area contributed by atoms with Gasteiger partial charge in [-0.2, -0.15) is 11.8 Å². The Morgan fingerprint density at radius 2 is 2.17 bits per heavy atom. The summed E-state index contributed by atoms with van der Waals surface area (Å²) in [5.41, 5.74) is 6.76. The van der Waals surface area contributed by atoms with Gasteiger partial charge in [-0.05, 0) is 24.1 Å². The molecule has 1 saturated heterocycles. The molecule has 0 spiro atoms. The third kappa shape index (κ3) is 5.94. The quantitative estimate of drug-likeness (QED) is 0.702. The Bertz CT molecular complexity index is 592. The lowest BCUT2D eigenvalue weighted by atomic mass is 10.2. The highest BCUT2D eigenvalue weighted by molar-refractivity contribution is 7.99. The predicted molar refractivity (Wildman–Crippen MR) is 90.9 cm³/mol. The molecule has 0 saturated carbocycles. The number of likely N-dealkylation sites (tertiary alicyclic amines) is 1. The molecule has 6 nitrogen and oxygen atoms in total. The summed E-state index contributed by atoms with van der Waals surface area (Å²) in [5, 5.41) is 2.83. The van der Waals surface area contributed by atoms with E-state index in [1.54, 1.807) is 0 Å². The molecule has 1 aromatic rings. The van der Waals surface area contributed by atoms with Gasteiger partial charge < -0.3 is 16.0 Å². The molecule has 7 heteroatoms. The van der Waals surface area contributed by atoms with Crippen LogP contribution in [-0.2, 0) is 20.9 Å². The lowest BCUT2D eigenvalue weighted by molar-refractivity contribution is -0.128. The van der Waals surface area contributed by atoms with Crippen LogP contribution in [0.3, 0.4) is 0 Å². The van der Waals surface area contributed by atoms with Crippen molar-refractivity contribution in [1.82, 2.24) is 4.90 Å². The van der Waals surface area contributed by atoms with Crippen molar-refractivity contribution in [3.63, 3.8) is 0 Å². The van der Waals surface area contributed by atoms with Crippen LogP contribution in [0.5, 0.6) is 0 Å². The van der Waals surface area contributed by atoms with Crippen molar-refractivity contribution in [3.05, 3.63) is 29.8 Å². The van der Waals surface area contributed by atoms with Gasteiger partial charge in [0.05, 0.1) is 5.75 Å². The first-order valence-corrected chi connectivity index (χ1v) is 8.72. The minimum Gasteiger partial charge on any atom is -0.369 e. The van der Waals surface area contributed by atoms with Crippen molar-refractivity contribution < 1.29 is 14.4 Å². The first-order chi connectivity index (χ1) is 11.0. The third-order valence-corrected chi connectivity index (χ3v) is 4.45. The fourth-order valence-corrected chi connectivity index (χ4v) is 3.08. The molecule has 1 heterocycles. The lowest BCUT2D eigenvalue weighted by Crippen LogP contribution is -2.23. The second kappa shape index (κ2) is 8.57. The molecule has 124 valence electrons. The van der Waals surface area contributed by atoms with Crippen LogP contribution >= 0.6 is 11.8 Å². The molecular formula is C16H21N3O3S. The molecular weight excluding hydrogens is 314 g/mol. The van der Waals surface area contributed by atoms with Gasteiger partial charge in [-0.25, -0.2) is 0 Å². The van der Waals surface area contributed by atoms with E-state index in [1.165, 1.54) is 11.8 Å². The largest absolute Gasteiger partial charge is 0.369 e. The number of carbonyl (C=O) groups excluding carboxylic acids is 3. The maximum absolute atomic E-state index is 11.9. The number of benzene rings is 1. The number of hydrogen-bond acceptors (Lipinski definition) is 4. The van der Waals surface area contributed by atoms with E-state index in [0.717, 1.165) is 24.2 Å². The number of nitrogens with zero attached hydrogens (tertiary/aromatic N) is 1. The molecule has 0 unspecified atom stereocenters. The van der Waals surface area contributed by atoms with Crippen LogP contribution < -0.4 is 11.1 Å². The normalized spacial score (nSPS) is 14.1. The van der Waals surface area contributed by atoms with Gasteiger partial charge in [-0.15, -0.1) is 0 Å². The topological polar surface area (TPSA) is 92.5 Å². The van der Waals surface area contributed by atoms with E-state index in [9.17, 15) is 14.4 Å². The Labute approximate surface area is 139 Å². The highest BCUT2D eigenvalue weighted by Crippen LogP contribution is 2.17. The number of hydrogen-bond donors (Lipinski definition) is 2. The van der Waals surface area contributed by atoms with Crippen molar-refractivity contribution >= 4 is 35.2 Å². The summed E-state index contributed by atoms with van der Waals surface area (Å²) >= 11 is 1.35. The summed E-state index contributed by atoms with van der Waals surface area (Å²) in [5.74, 6) is 0.491. The molecule has 3 N–H and O–H groups in total. The second-order valence-corrected chi connectivity index (χ2v) is 6.54. The average molecular weight is 335 g/mol. The fraction of sp³-hybridized carbons (Fsp3) is 0.438. The molecule has 0 bridgehead atoms. The van der Waals surface area contributed by atoms with Crippen LogP contribution in [0.1, 0.15) is 24.8 Å². The molecule has 1 aromatic carbocycles. The molecule has 1 aliphatic heterocycles. The Morgan fingerprint density at radius 3 is 2.87 bits per heavy atom. The average Bonchev–Trinajstić information content (AvgIpc) is 2.89. The number of nitrogens with two attached hydrogens (primary N) is 1. The molecule has 1 aliphatic rings. The molecule has 23 heavy (non-hydrogen) atoms. The Hall–Kier alpha value is -2.02. The molecule has 0 radical (unpaired) electrons. The van der Waals surface area contributed by atoms with Gasteiger partial charge in [-0.3, -0.25) is 14.4 Å². The van der Waals surface area contributed by atoms with E-state index in [4.69, 9.17) is 5.73 Å². The van der Waals surface area contributed by atoms with Gasteiger partial charge in [0.1, 0.15) is 0 Å². The summed E-state index contributed by atoms with van der Waals surface area (Å²) in [7, 11) is 0. The number of rotatable bonds is 8. The summed E-state index contributed by atoms with van der Waals surface area (Å²) in [6, 6.07) is 7.53. The zero-order valence-corrected chi connectivity index (χ0v) is 13.7. The van der Waals surface area contributed by atoms with Crippen LogP contribution in [0, 0.1) is 0 Å². The highest BCUT2D eigenvalue weighted by atomic mass is 32.2. The number of nitrogens with one attached hydrogen (secondary N) is 1. The maximum Gasteiger partial charge on any atom is 0.227 e. The maximum atomic E-state index is 11.9. The summed E-state index contributed by atoms with van der Waals surface area (Å²) < 4.78 is 0. The van der Waals surface area contributed by atoms with E-state index in [-0.39, 0.29) is 23.5 Å².